The molecule has 0 amide bonds. The van der Waals surface area contributed by atoms with Crippen LogP contribution in [0.1, 0.15) is 151 Å². The Labute approximate surface area is 215 Å². The second kappa shape index (κ2) is 22.3. The van der Waals surface area contributed by atoms with Gasteiger partial charge in [-0.25, -0.2) is 0 Å². The van der Waals surface area contributed by atoms with Gasteiger partial charge in [0.25, 0.3) is 0 Å². The molecule has 206 valence electrons. The summed E-state index contributed by atoms with van der Waals surface area (Å²) in [6.45, 7) is 14.7. The van der Waals surface area contributed by atoms with E-state index in [4.69, 9.17) is 19.0 Å². The van der Waals surface area contributed by atoms with E-state index in [1.165, 1.54) is 103 Å². The Kier molecular flexibility index (Phi) is 22.3. The Morgan fingerprint density at radius 3 is 1.24 bits per heavy atom. The quantitative estimate of drug-likeness (QED) is 0.0948. The summed E-state index contributed by atoms with van der Waals surface area (Å²) in [6, 6.07) is 0.800. The predicted molar refractivity (Wildman–Crippen MR) is 151 cm³/mol. The first-order chi connectivity index (χ1) is 16.4. The summed E-state index contributed by atoms with van der Waals surface area (Å²) < 4.78 is 18.2. The maximum absolute atomic E-state index is 6.77. The smallest absolute Gasteiger partial charge is 0.374 e. The second-order valence-corrected chi connectivity index (χ2v) is 13.3. The van der Waals surface area contributed by atoms with Crippen LogP contribution in [0.25, 0.3) is 0 Å². The zero-order chi connectivity index (χ0) is 25.5. The molecule has 4 nitrogen and oxygen atoms in total. The Balaban J connectivity index is 3.86. The molecule has 0 aliphatic heterocycles. The Morgan fingerprint density at radius 1 is 0.588 bits per heavy atom. The van der Waals surface area contributed by atoms with Crippen molar-refractivity contribution in [2.24, 2.45) is 11.7 Å². The SMILES string of the molecule is CCCCCCCCCCCCCCCCCCC(C)(N)C(C)C[Si](OCC)(OCC)OCC. The molecule has 2 unspecified atom stereocenters. The molecule has 0 heterocycles. The number of nitrogens with two attached hydrogens (primary N) is 1. The summed E-state index contributed by atoms with van der Waals surface area (Å²) >= 11 is 0. The van der Waals surface area contributed by atoms with Crippen LogP contribution in [0.3, 0.4) is 0 Å². The van der Waals surface area contributed by atoms with Crippen molar-refractivity contribution in [2.75, 3.05) is 19.8 Å². The van der Waals surface area contributed by atoms with E-state index >= 15 is 0 Å². The summed E-state index contributed by atoms with van der Waals surface area (Å²) in [7, 11) is -2.64. The molecule has 2 N–H and O–H groups in total. The molecule has 0 saturated heterocycles. The minimum Gasteiger partial charge on any atom is -0.374 e. The molecule has 0 spiro atoms. The van der Waals surface area contributed by atoms with Crippen LogP contribution in [0.2, 0.25) is 6.04 Å². The van der Waals surface area contributed by atoms with Crippen molar-refractivity contribution >= 4 is 8.80 Å². The van der Waals surface area contributed by atoms with Crippen LogP contribution in [-0.2, 0) is 13.3 Å². The molecule has 2 atom stereocenters. The van der Waals surface area contributed by atoms with Crippen molar-refractivity contribution in [3.63, 3.8) is 0 Å². The largest absolute Gasteiger partial charge is 0.501 e. The molecule has 0 aromatic carbocycles. The van der Waals surface area contributed by atoms with Gasteiger partial charge in [-0.2, -0.15) is 0 Å². The molecule has 0 bridgehead atoms. The van der Waals surface area contributed by atoms with Crippen molar-refractivity contribution in [3.8, 4) is 0 Å². The maximum Gasteiger partial charge on any atom is 0.501 e. The Hall–Kier alpha value is 0.0569. The Morgan fingerprint density at radius 2 is 0.912 bits per heavy atom. The van der Waals surface area contributed by atoms with E-state index in [1.54, 1.807) is 0 Å². The first kappa shape index (κ1) is 34.1. The van der Waals surface area contributed by atoms with Gasteiger partial charge in [0, 0.05) is 31.4 Å². The van der Waals surface area contributed by atoms with Crippen LogP contribution in [0.15, 0.2) is 0 Å². The maximum atomic E-state index is 6.77. The van der Waals surface area contributed by atoms with Crippen molar-refractivity contribution in [1.29, 1.82) is 0 Å². The first-order valence-electron chi connectivity index (χ1n) is 15.1. The van der Waals surface area contributed by atoms with Gasteiger partial charge in [0.2, 0.25) is 0 Å². The van der Waals surface area contributed by atoms with Crippen LogP contribution in [0, 0.1) is 5.92 Å². The van der Waals surface area contributed by atoms with Gasteiger partial charge < -0.3 is 19.0 Å². The fourth-order valence-corrected chi connectivity index (χ4v) is 8.01. The average Bonchev–Trinajstić information content (AvgIpc) is 2.79. The molecular formula is C29H63NO3Si. The highest BCUT2D eigenvalue weighted by molar-refractivity contribution is 6.60. The lowest BCUT2D eigenvalue weighted by molar-refractivity contribution is 0.0635. The monoisotopic (exact) mass is 501 g/mol. The van der Waals surface area contributed by atoms with Gasteiger partial charge in [0.15, 0.2) is 0 Å². The van der Waals surface area contributed by atoms with Crippen molar-refractivity contribution in [1.82, 2.24) is 0 Å². The third-order valence-corrected chi connectivity index (χ3v) is 10.6. The van der Waals surface area contributed by atoms with Crippen LogP contribution >= 0.6 is 0 Å². The number of rotatable bonds is 26. The lowest BCUT2D eigenvalue weighted by atomic mass is 9.84. The molecule has 0 aromatic rings. The summed E-state index contributed by atoms with van der Waals surface area (Å²) in [5.74, 6) is 0.306. The highest BCUT2D eigenvalue weighted by Gasteiger charge is 2.45. The molecule has 0 rings (SSSR count). The van der Waals surface area contributed by atoms with Gasteiger partial charge in [-0.05, 0) is 40.0 Å². The minimum absolute atomic E-state index is 0.209. The molecule has 0 saturated carbocycles. The van der Waals surface area contributed by atoms with E-state index in [9.17, 15) is 0 Å². The fourth-order valence-electron chi connectivity index (χ4n) is 4.87. The zero-order valence-electron chi connectivity index (χ0n) is 24.2. The van der Waals surface area contributed by atoms with Gasteiger partial charge in [-0.1, -0.05) is 117 Å². The third-order valence-electron chi connectivity index (χ3n) is 7.34. The molecule has 0 aliphatic carbocycles. The first-order valence-corrected chi connectivity index (χ1v) is 17.0. The number of hydrogen-bond acceptors (Lipinski definition) is 4. The third kappa shape index (κ3) is 17.5. The normalized spacial score (nSPS) is 14.9. The fraction of sp³-hybridized carbons (Fsp3) is 1.00. The van der Waals surface area contributed by atoms with E-state index < -0.39 is 8.80 Å². The average molecular weight is 502 g/mol. The van der Waals surface area contributed by atoms with Crippen molar-refractivity contribution in [2.45, 2.75) is 162 Å². The molecular weight excluding hydrogens is 438 g/mol. The van der Waals surface area contributed by atoms with Crippen LogP contribution in [0.5, 0.6) is 0 Å². The van der Waals surface area contributed by atoms with Gasteiger partial charge in [0.05, 0.1) is 0 Å². The molecule has 0 aliphatic rings. The lowest BCUT2D eigenvalue weighted by Gasteiger charge is -2.37. The van der Waals surface area contributed by atoms with Crippen LogP contribution < -0.4 is 5.73 Å². The summed E-state index contributed by atoms with van der Waals surface area (Å²) in [5, 5.41) is 0. The second-order valence-electron chi connectivity index (χ2n) is 10.6. The molecule has 0 radical (unpaired) electrons. The molecule has 34 heavy (non-hydrogen) atoms. The summed E-state index contributed by atoms with van der Waals surface area (Å²) in [6.07, 6.45) is 23.4. The minimum atomic E-state index is -2.64. The van der Waals surface area contributed by atoms with Crippen molar-refractivity contribution < 1.29 is 13.3 Å². The van der Waals surface area contributed by atoms with E-state index in [1.807, 2.05) is 20.8 Å². The Bertz CT molecular complexity index is 417. The van der Waals surface area contributed by atoms with Crippen LogP contribution in [0.4, 0.5) is 0 Å². The van der Waals surface area contributed by atoms with E-state index in [0.717, 1.165) is 12.5 Å². The van der Waals surface area contributed by atoms with Gasteiger partial charge in [0.1, 0.15) is 0 Å². The number of hydrogen-bond donors (Lipinski definition) is 1. The standard InChI is InChI=1S/C29H63NO3Si/c1-7-11-12-13-14-15-16-17-18-19-20-21-22-23-24-25-26-29(6,30)28(5)27-34(31-8-2,32-9-3)33-10-4/h28H,7-27,30H2,1-6H3. The number of unbranched alkanes of at least 4 members (excludes halogenated alkanes) is 15. The van der Waals surface area contributed by atoms with E-state index in [0.29, 0.717) is 25.7 Å². The van der Waals surface area contributed by atoms with E-state index in [2.05, 4.69) is 20.8 Å². The summed E-state index contributed by atoms with van der Waals surface area (Å²) in [4.78, 5) is 0. The molecule has 0 aromatic heterocycles. The van der Waals surface area contributed by atoms with Gasteiger partial charge in [-0.3, -0.25) is 0 Å². The molecule has 0 fully saturated rings. The summed E-state index contributed by atoms with van der Waals surface area (Å²) in [5.41, 5.74) is 6.56. The van der Waals surface area contributed by atoms with Crippen molar-refractivity contribution in [3.05, 3.63) is 0 Å². The van der Waals surface area contributed by atoms with Gasteiger partial charge >= 0.3 is 8.80 Å². The topological polar surface area (TPSA) is 53.7 Å². The highest BCUT2D eigenvalue weighted by Crippen LogP contribution is 2.31. The van der Waals surface area contributed by atoms with E-state index in [-0.39, 0.29) is 5.54 Å². The lowest BCUT2D eigenvalue weighted by Crippen LogP contribution is -2.52. The predicted octanol–water partition coefficient (Wildman–Crippen LogP) is 9.04. The highest BCUT2D eigenvalue weighted by atomic mass is 28.4. The zero-order valence-corrected chi connectivity index (χ0v) is 25.2. The molecule has 5 heteroatoms. The van der Waals surface area contributed by atoms with Gasteiger partial charge in [-0.15, -0.1) is 0 Å². The van der Waals surface area contributed by atoms with Crippen LogP contribution in [-0.4, -0.2) is 34.2 Å².